The zero-order chi connectivity index (χ0) is 17.6. The summed E-state index contributed by atoms with van der Waals surface area (Å²) in [5, 5.41) is 3.17. The second kappa shape index (κ2) is 8.05. The minimum Gasteiger partial charge on any atom is -0.356 e. The molecule has 6 heteroatoms. The molecule has 1 saturated heterocycles. The minimum absolute atomic E-state index is 0.121. The lowest BCUT2D eigenvalue weighted by molar-refractivity contribution is -0.121. The van der Waals surface area contributed by atoms with Gasteiger partial charge < -0.3 is 10.2 Å². The largest absolute Gasteiger partial charge is 0.356 e. The predicted octanol–water partition coefficient (Wildman–Crippen LogP) is 2.21. The molecule has 0 aromatic carbocycles. The third-order valence-electron chi connectivity index (χ3n) is 4.50. The third-order valence-corrected chi connectivity index (χ3v) is 4.50. The van der Waals surface area contributed by atoms with Crippen molar-refractivity contribution in [2.75, 3.05) is 18.0 Å². The first-order chi connectivity index (χ1) is 12.1. The topological polar surface area (TPSA) is 71.0 Å². The van der Waals surface area contributed by atoms with Crippen molar-refractivity contribution in [2.45, 2.75) is 45.6 Å². The van der Waals surface area contributed by atoms with E-state index in [1.165, 1.54) is 0 Å². The molecule has 1 aliphatic heterocycles. The second-order valence-corrected chi connectivity index (χ2v) is 6.60. The van der Waals surface area contributed by atoms with Crippen LogP contribution in [0.1, 0.15) is 36.3 Å². The van der Waals surface area contributed by atoms with Gasteiger partial charge in [0.05, 0.1) is 0 Å². The monoisotopic (exact) mass is 339 g/mol. The van der Waals surface area contributed by atoms with Gasteiger partial charge in [-0.2, -0.15) is 0 Å². The molecule has 0 unspecified atom stereocenters. The van der Waals surface area contributed by atoms with E-state index in [0.717, 1.165) is 55.3 Å². The Balaban J connectivity index is 1.45. The van der Waals surface area contributed by atoms with Crippen molar-refractivity contribution < 1.29 is 4.79 Å². The number of nitrogens with one attached hydrogen (secondary N) is 1. The van der Waals surface area contributed by atoms with Gasteiger partial charge in [0.25, 0.3) is 0 Å². The van der Waals surface area contributed by atoms with E-state index in [1.807, 2.05) is 38.2 Å². The molecule has 2 aromatic heterocycles. The molecule has 0 radical (unpaired) electrons. The number of pyridine rings is 1. The van der Waals surface area contributed by atoms with Gasteiger partial charge in [0.1, 0.15) is 11.6 Å². The van der Waals surface area contributed by atoms with Crippen LogP contribution in [0.25, 0.3) is 0 Å². The fraction of sp³-hybridized carbons (Fsp3) is 0.474. The Morgan fingerprint density at radius 3 is 2.76 bits per heavy atom. The molecule has 1 fully saturated rings. The van der Waals surface area contributed by atoms with Crippen molar-refractivity contribution in [3.63, 3.8) is 0 Å². The maximum Gasteiger partial charge on any atom is 0.220 e. The van der Waals surface area contributed by atoms with Crippen LogP contribution in [0.3, 0.4) is 0 Å². The van der Waals surface area contributed by atoms with Crippen LogP contribution in [0.4, 0.5) is 5.82 Å². The number of aryl methyl sites for hydroxylation is 3. The number of hydrogen-bond acceptors (Lipinski definition) is 5. The first-order valence-electron chi connectivity index (χ1n) is 8.85. The van der Waals surface area contributed by atoms with Crippen LogP contribution in [-0.4, -0.2) is 40.0 Å². The highest BCUT2D eigenvalue weighted by Gasteiger charge is 2.21. The summed E-state index contributed by atoms with van der Waals surface area (Å²) in [7, 11) is 0. The highest BCUT2D eigenvalue weighted by molar-refractivity contribution is 5.76. The average Bonchev–Trinajstić information content (AvgIpc) is 2.61. The van der Waals surface area contributed by atoms with E-state index in [0.29, 0.717) is 6.42 Å². The molecule has 3 heterocycles. The lowest BCUT2D eigenvalue weighted by atomic mass is 10.0. The summed E-state index contributed by atoms with van der Waals surface area (Å²) in [6.07, 6.45) is 6.70. The Kier molecular flexibility index (Phi) is 5.58. The molecule has 1 aliphatic rings. The van der Waals surface area contributed by atoms with Gasteiger partial charge in [0.15, 0.2) is 0 Å². The first kappa shape index (κ1) is 17.3. The molecule has 1 amide bonds. The van der Waals surface area contributed by atoms with Crippen LogP contribution in [0.15, 0.2) is 30.6 Å². The van der Waals surface area contributed by atoms with Gasteiger partial charge in [-0.05, 0) is 44.7 Å². The number of rotatable bonds is 5. The second-order valence-electron chi connectivity index (χ2n) is 6.60. The Bertz CT molecular complexity index is 691. The number of carbonyl (C=O) groups is 1. The van der Waals surface area contributed by atoms with Gasteiger partial charge in [0, 0.05) is 49.7 Å². The van der Waals surface area contributed by atoms with E-state index in [4.69, 9.17) is 0 Å². The van der Waals surface area contributed by atoms with Crippen molar-refractivity contribution in [3.8, 4) is 0 Å². The number of piperidine rings is 1. The van der Waals surface area contributed by atoms with Gasteiger partial charge in [-0.3, -0.25) is 9.78 Å². The van der Waals surface area contributed by atoms with E-state index in [9.17, 15) is 4.79 Å². The molecule has 132 valence electrons. The van der Waals surface area contributed by atoms with Crippen molar-refractivity contribution in [1.29, 1.82) is 0 Å². The molecular weight excluding hydrogens is 314 g/mol. The van der Waals surface area contributed by atoms with Gasteiger partial charge in [-0.1, -0.05) is 6.07 Å². The maximum atomic E-state index is 12.2. The molecule has 1 N–H and O–H groups in total. The Hall–Kier alpha value is -2.50. The number of amides is 1. The van der Waals surface area contributed by atoms with Crippen molar-refractivity contribution >= 4 is 11.7 Å². The molecule has 0 saturated carbocycles. The summed E-state index contributed by atoms with van der Waals surface area (Å²) < 4.78 is 0. The predicted molar refractivity (Wildman–Crippen MR) is 97.4 cm³/mol. The molecule has 0 atom stereocenters. The van der Waals surface area contributed by atoms with Crippen LogP contribution in [-0.2, 0) is 11.2 Å². The maximum absolute atomic E-state index is 12.2. The van der Waals surface area contributed by atoms with Crippen LogP contribution in [0.5, 0.6) is 0 Å². The average molecular weight is 339 g/mol. The quantitative estimate of drug-likeness (QED) is 0.904. The van der Waals surface area contributed by atoms with Crippen molar-refractivity contribution in [1.82, 2.24) is 20.3 Å². The van der Waals surface area contributed by atoms with Crippen LogP contribution in [0.2, 0.25) is 0 Å². The number of carbonyl (C=O) groups excluding carboxylic acids is 1. The summed E-state index contributed by atoms with van der Waals surface area (Å²) in [5.41, 5.74) is 2.09. The Morgan fingerprint density at radius 2 is 2.08 bits per heavy atom. The number of hydrogen-bond donors (Lipinski definition) is 1. The third kappa shape index (κ3) is 4.98. The summed E-state index contributed by atoms with van der Waals surface area (Å²) >= 11 is 0. The molecule has 0 bridgehead atoms. The van der Waals surface area contributed by atoms with Gasteiger partial charge in [-0.25, -0.2) is 9.97 Å². The zero-order valence-corrected chi connectivity index (χ0v) is 14.9. The smallest absolute Gasteiger partial charge is 0.220 e. The summed E-state index contributed by atoms with van der Waals surface area (Å²) in [5.74, 6) is 1.92. The lowest BCUT2D eigenvalue weighted by Gasteiger charge is -2.33. The van der Waals surface area contributed by atoms with E-state index in [2.05, 4.69) is 25.2 Å². The van der Waals surface area contributed by atoms with Gasteiger partial charge in [-0.15, -0.1) is 0 Å². The molecule has 25 heavy (non-hydrogen) atoms. The van der Waals surface area contributed by atoms with Crippen LogP contribution >= 0.6 is 0 Å². The van der Waals surface area contributed by atoms with Gasteiger partial charge >= 0.3 is 0 Å². The standard InChI is InChI=1S/C19H25N5O/c1-14-12-18(22-15(2)21-14)24-10-7-17(8-11-24)23-19(25)6-5-16-4-3-9-20-13-16/h3-4,9,12-13,17H,5-8,10-11H2,1-2H3,(H,23,25). The first-order valence-corrected chi connectivity index (χ1v) is 8.85. The zero-order valence-electron chi connectivity index (χ0n) is 14.9. The number of nitrogens with zero attached hydrogens (tertiary/aromatic N) is 4. The lowest BCUT2D eigenvalue weighted by Crippen LogP contribution is -2.45. The van der Waals surface area contributed by atoms with Crippen LogP contribution in [0, 0.1) is 13.8 Å². The Morgan fingerprint density at radius 1 is 1.28 bits per heavy atom. The summed E-state index contributed by atoms with van der Waals surface area (Å²) in [6.45, 7) is 5.73. The van der Waals surface area contributed by atoms with Crippen LogP contribution < -0.4 is 10.2 Å². The molecule has 3 rings (SSSR count). The fourth-order valence-corrected chi connectivity index (χ4v) is 3.22. The van der Waals surface area contributed by atoms with Gasteiger partial charge in [0.2, 0.25) is 5.91 Å². The number of anilines is 1. The molecule has 0 spiro atoms. The van der Waals surface area contributed by atoms with E-state index in [1.54, 1.807) is 6.20 Å². The van der Waals surface area contributed by atoms with E-state index < -0.39 is 0 Å². The SMILES string of the molecule is Cc1cc(N2CCC(NC(=O)CCc3cccnc3)CC2)nc(C)n1. The summed E-state index contributed by atoms with van der Waals surface area (Å²) in [4.78, 5) is 27.4. The highest BCUT2D eigenvalue weighted by atomic mass is 16.1. The Labute approximate surface area is 148 Å². The minimum atomic E-state index is 0.121. The van der Waals surface area contributed by atoms with Crippen molar-refractivity contribution in [2.24, 2.45) is 0 Å². The molecular formula is C19H25N5O. The normalized spacial score (nSPS) is 15.2. The molecule has 0 aliphatic carbocycles. The highest BCUT2D eigenvalue weighted by Crippen LogP contribution is 2.19. The fourth-order valence-electron chi connectivity index (χ4n) is 3.22. The summed E-state index contributed by atoms with van der Waals surface area (Å²) in [6, 6.07) is 6.19. The number of aromatic nitrogens is 3. The van der Waals surface area contributed by atoms with Crippen molar-refractivity contribution in [3.05, 3.63) is 47.7 Å². The van der Waals surface area contributed by atoms with E-state index >= 15 is 0 Å². The molecule has 2 aromatic rings. The molecule has 6 nitrogen and oxygen atoms in total. The van der Waals surface area contributed by atoms with E-state index in [-0.39, 0.29) is 11.9 Å².